The summed E-state index contributed by atoms with van der Waals surface area (Å²) in [6, 6.07) is 22.1. The van der Waals surface area contributed by atoms with Crippen LogP contribution in [0.1, 0.15) is 45.7 Å². The van der Waals surface area contributed by atoms with E-state index in [4.69, 9.17) is 9.47 Å². The molecule has 0 saturated heterocycles. The molecule has 0 unspecified atom stereocenters. The lowest BCUT2D eigenvalue weighted by molar-refractivity contribution is 0.0945. The second-order valence-electron chi connectivity index (χ2n) is 6.76. The largest absolute Gasteiger partial charge is 0.493 e. The minimum Gasteiger partial charge on any atom is -0.493 e. The van der Waals surface area contributed by atoms with E-state index in [-0.39, 0.29) is 18.3 Å². The van der Waals surface area contributed by atoms with Gasteiger partial charge in [0.05, 0.1) is 12.2 Å². The van der Waals surface area contributed by atoms with Crippen LogP contribution in [0.3, 0.4) is 0 Å². The molecule has 30 heavy (non-hydrogen) atoms. The minimum absolute atomic E-state index is 0.0278. The Labute approximate surface area is 176 Å². The fourth-order valence-electron chi connectivity index (χ4n) is 3.02. The Morgan fingerprint density at radius 2 is 1.60 bits per heavy atom. The third-order valence-electron chi connectivity index (χ3n) is 4.58. The third-order valence-corrected chi connectivity index (χ3v) is 4.58. The lowest BCUT2D eigenvalue weighted by atomic mass is 10.1. The van der Waals surface area contributed by atoms with Gasteiger partial charge in [-0.25, -0.2) is 0 Å². The number of carbonyl (C=O) groups excluding carboxylic acids is 2. The first-order valence-corrected chi connectivity index (χ1v) is 9.89. The van der Waals surface area contributed by atoms with Crippen LogP contribution in [0.4, 0.5) is 0 Å². The molecule has 3 aromatic rings. The first kappa shape index (κ1) is 21.1. The first-order chi connectivity index (χ1) is 14.6. The highest BCUT2D eigenvalue weighted by atomic mass is 16.5. The summed E-state index contributed by atoms with van der Waals surface area (Å²) < 4.78 is 11.6. The quantitative estimate of drug-likeness (QED) is 0.522. The van der Waals surface area contributed by atoms with E-state index in [0.717, 1.165) is 11.1 Å². The molecule has 1 amide bonds. The number of nitrogens with one attached hydrogen (secondary N) is 1. The lowest BCUT2D eigenvalue weighted by Crippen LogP contribution is -2.23. The molecule has 3 rings (SSSR count). The van der Waals surface area contributed by atoms with Crippen LogP contribution in [0.15, 0.2) is 72.8 Å². The van der Waals surface area contributed by atoms with Crippen molar-refractivity contribution in [1.29, 1.82) is 0 Å². The molecule has 0 spiro atoms. The molecule has 0 radical (unpaired) electrons. The maximum Gasteiger partial charge on any atom is 0.255 e. The molecular formula is C25H25NO4. The van der Waals surface area contributed by atoms with Gasteiger partial charge in [0.2, 0.25) is 0 Å². The highest BCUT2D eigenvalue weighted by Gasteiger charge is 2.14. The number of benzene rings is 3. The summed E-state index contributed by atoms with van der Waals surface area (Å²) in [4.78, 5) is 24.4. The van der Waals surface area contributed by atoms with Gasteiger partial charge in [0.15, 0.2) is 5.78 Å². The SMILES string of the molecule is CCOc1ccc(C(C)=O)cc1COc1ccccc1C(=O)NCc1ccccc1. The highest BCUT2D eigenvalue weighted by Crippen LogP contribution is 2.25. The van der Waals surface area contributed by atoms with E-state index in [1.54, 1.807) is 36.4 Å². The van der Waals surface area contributed by atoms with E-state index in [9.17, 15) is 9.59 Å². The summed E-state index contributed by atoms with van der Waals surface area (Å²) in [5.41, 5.74) is 2.82. The monoisotopic (exact) mass is 403 g/mol. The molecule has 0 aromatic heterocycles. The Kier molecular flexibility index (Phi) is 7.22. The van der Waals surface area contributed by atoms with Crippen LogP contribution in [0.5, 0.6) is 11.5 Å². The fourth-order valence-corrected chi connectivity index (χ4v) is 3.02. The van der Waals surface area contributed by atoms with Crippen LogP contribution in [0.25, 0.3) is 0 Å². The molecule has 0 aliphatic heterocycles. The van der Waals surface area contributed by atoms with E-state index in [1.165, 1.54) is 6.92 Å². The van der Waals surface area contributed by atoms with Gasteiger partial charge >= 0.3 is 0 Å². The van der Waals surface area contributed by atoms with Gasteiger partial charge in [-0.3, -0.25) is 9.59 Å². The molecular weight excluding hydrogens is 378 g/mol. The average molecular weight is 403 g/mol. The number of amides is 1. The van der Waals surface area contributed by atoms with Crippen LogP contribution in [-0.2, 0) is 13.2 Å². The van der Waals surface area contributed by atoms with Crippen molar-refractivity contribution in [2.24, 2.45) is 0 Å². The molecule has 0 aliphatic carbocycles. The predicted molar refractivity (Wildman–Crippen MR) is 116 cm³/mol. The molecule has 3 aromatic carbocycles. The standard InChI is InChI=1S/C25H25NO4/c1-3-29-23-14-13-20(18(2)27)15-21(23)17-30-24-12-8-7-11-22(24)25(28)26-16-19-9-5-4-6-10-19/h4-15H,3,16-17H2,1-2H3,(H,26,28). The Balaban J connectivity index is 1.74. The van der Waals surface area contributed by atoms with E-state index in [1.807, 2.05) is 43.3 Å². The zero-order valence-electron chi connectivity index (χ0n) is 17.2. The third kappa shape index (κ3) is 5.47. The molecule has 0 fully saturated rings. The highest BCUT2D eigenvalue weighted by molar-refractivity contribution is 5.97. The van der Waals surface area contributed by atoms with Gasteiger partial charge < -0.3 is 14.8 Å². The number of carbonyl (C=O) groups is 2. The van der Waals surface area contributed by atoms with Crippen LogP contribution >= 0.6 is 0 Å². The Morgan fingerprint density at radius 1 is 0.867 bits per heavy atom. The predicted octanol–water partition coefficient (Wildman–Crippen LogP) is 4.80. The van der Waals surface area contributed by atoms with Gasteiger partial charge in [-0.05, 0) is 49.7 Å². The summed E-state index contributed by atoms with van der Waals surface area (Å²) in [5, 5.41) is 2.92. The lowest BCUT2D eigenvalue weighted by Gasteiger charge is -2.15. The maximum absolute atomic E-state index is 12.7. The molecule has 5 heteroatoms. The molecule has 0 heterocycles. The molecule has 0 aliphatic rings. The second-order valence-corrected chi connectivity index (χ2v) is 6.76. The number of Topliss-reactive ketones (excluding diaryl/α,β-unsaturated/α-hetero) is 1. The van der Waals surface area contributed by atoms with Gasteiger partial charge in [0.1, 0.15) is 18.1 Å². The van der Waals surface area contributed by atoms with Crippen molar-refractivity contribution in [2.45, 2.75) is 27.0 Å². The van der Waals surface area contributed by atoms with E-state index < -0.39 is 0 Å². The van der Waals surface area contributed by atoms with Crippen molar-refractivity contribution >= 4 is 11.7 Å². The van der Waals surface area contributed by atoms with Crippen molar-refractivity contribution in [3.05, 3.63) is 95.1 Å². The number of hydrogen-bond acceptors (Lipinski definition) is 4. The number of hydrogen-bond donors (Lipinski definition) is 1. The maximum atomic E-state index is 12.7. The summed E-state index contributed by atoms with van der Waals surface area (Å²) in [6.07, 6.45) is 0. The summed E-state index contributed by atoms with van der Waals surface area (Å²) in [5.74, 6) is 0.893. The van der Waals surface area contributed by atoms with Crippen molar-refractivity contribution < 1.29 is 19.1 Å². The normalized spacial score (nSPS) is 10.3. The first-order valence-electron chi connectivity index (χ1n) is 9.89. The zero-order valence-corrected chi connectivity index (χ0v) is 17.2. The Morgan fingerprint density at radius 3 is 2.33 bits per heavy atom. The van der Waals surface area contributed by atoms with Crippen molar-refractivity contribution in [1.82, 2.24) is 5.32 Å². The van der Waals surface area contributed by atoms with Gasteiger partial charge in [0.25, 0.3) is 5.91 Å². The van der Waals surface area contributed by atoms with Gasteiger partial charge in [0, 0.05) is 17.7 Å². The topological polar surface area (TPSA) is 64.6 Å². The minimum atomic E-state index is -0.211. The average Bonchev–Trinajstić information content (AvgIpc) is 2.77. The number of rotatable bonds is 9. The molecule has 154 valence electrons. The number of para-hydroxylation sites is 1. The van der Waals surface area contributed by atoms with Crippen molar-refractivity contribution in [2.75, 3.05) is 6.61 Å². The molecule has 0 bridgehead atoms. The van der Waals surface area contributed by atoms with Crippen LogP contribution < -0.4 is 14.8 Å². The van der Waals surface area contributed by atoms with E-state index in [2.05, 4.69) is 5.32 Å². The molecule has 0 atom stereocenters. The molecule has 1 N–H and O–H groups in total. The zero-order chi connectivity index (χ0) is 21.3. The summed E-state index contributed by atoms with van der Waals surface area (Å²) in [6.45, 7) is 4.54. The summed E-state index contributed by atoms with van der Waals surface area (Å²) in [7, 11) is 0. The van der Waals surface area contributed by atoms with E-state index >= 15 is 0 Å². The number of ether oxygens (including phenoxy) is 2. The van der Waals surface area contributed by atoms with Crippen molar-refractivity contribution in [3.63, 3.8) is 0 Å². The Hall–Kier alpha value is -3.60. The second kappa shape index (κ2) is 10.3. The van der Waals surface area contributed by atoms with Crippen LogP contribution in [-0.4, -0.2) is 18.3 Å². The molecule has 5 nitrogen and oxygen atoms in total. The van der Waals surface area contributed by atoms with Crippen LogP contribution in [0.2, 0.25) is 0 Å². The number of ketones is 1. The Bertz CT molecular complexity index is 1010. The summed E-state index contributed by atoms with van der Waals surface area (Å²) >= 11 is 0. The van der Waals surface area contributed by atoms with Crippen LogP contribution in [0, 0.1) is 0 Å². The fraction of sp³-hybridized carbons (Fsp3) is 0.200. The van der Waals surface area contributed by atoms with Gasteiger partial charge in [-0.1, -0.05) is 42.5 Å². The van der Waals surface area contributed by atoms with Gasteiger partial charge in [-0.15, -0.1) is 0 Å². The smallest absolute Gasteiger partial charge is 0.255 e. The van der Waals surface area contributed by atoms with Crippen molar-refractivity contribution in [3.8, 4) is 11.5 Å². The molecule has 0 saturated carbocycles. The van der Waals surface area contributed by atoms with E-state index in [0.29, 0.717) is 35.8 Å². The van der Waals surface area contributed by atoms with Gasteiger partial charge in [-0.2, -0.15) is 0 Å².